The lowest BCUT2D eigenvalue weighted by Crippen LogP contribution is -2.45. The number of methoxy groups -OCH3 is 1. The molecule has 2 aliphatic heterocycles. The normalized spacial score (nSPS) is 26.4. The van der Waals surface area contributed by atoms with Crippen molar-refractivity contribution in [3.8, 4) is 0 Å². The van der Waals surface area contributed by atoms with Crippen molar-refractivity contribution in [1.29, 1.82) is 0 Å². The van der Waals surface area contributed by atoms with Gasteiger partial charge in [0.25, 0.3) is 0 Å². The molecule has 0 amide bonds. The Kier molecular flexibility index (Phi) is 4.08. The van der Waals surface area contributed by atoms with E-state index < -0.39 is 0 Å². The maximum absolute atomic E-state index is 11.3. The molecule has 1 aromatic rings. The Morgan fingerprint density at radius 2 is 2.40 bits per heavy atom. The van der Waals surface area contributed by atoms with E-state index in [1.807, 2.05) is 0 Å². The van der Waals surface area contributed by atoms with Gasteiger partial charge in [-0.25, -0.2) is 4.79 Å². The lowest BCUT2D eigenvalue weighted by Gasteiger charge is -2.35. The average Bonchev–Trinajstić information content (AvgIpc) is 3.12. The standard InChI is InChI=1S/C15H22N2O3/c1-19-15(18)11-7-14(20-10-11)9-16-12-4-6-17-5-2-3-13(17)8-12/h7,10,12-13,16H,2-6,8-9H2,1H3. The molecule has 5 nitrogen and oxygen atoms in total. The largest absolute Gasteiger partial charge is 0.467 e. The first kappa shape index (κ1) is 13.6. The molecule has 2 atom stereocenters. The van der Waals surface area contributed by atoms with Crippen LogP contribution >= 0.6 is 0 Å². The highest BCUT2D eigenvalue weighted by atomic mass is 16.5. The van der Waals surface area contributed by atoms with Crippen molar-refractivity contribution in [2.75, 3.05) is 20.2 Å². The number of rotatable bonds is 4. The van der Waals surface area contributed by atoms with Crippen LogP contribution < -0.4 is 5.32 Å². The summed E-state index contributed by atoms with van der Waals surface area (Å²) in [5.74, 6) is 0.443. The minimum Gasteiger partial charge on any atom is -0.467 e. The van der Waals surface area contributed by atoms with Crippen LogP contribution in [-0.2, 0) is 11.3 Å². The fourth-order valence-electron chi connectivity index (χ4n) is 3.35. The van der Waals surface area contributed by atoms with Gasteiger partial charge in [-0.2, -0.15) is 0 Å². The Morgan fingerprint density at radius 1 is 1.50 bits per heavy atom. The number of hydrogen-bond donors (Lipinski definition) is 1. The summed E-state index contributed by atoms with van der Waals surface area (Å²) in [5, 5.41) is 3.55. The maximum Gasteiger partial charge on any atom is 0.341 e. The summed E-state index contributed by atoms with van der Waals surface area (Å²) >= 11 is 0. The molecule has 0 radical (unpaired) electrons. The van der Waals surface area contributed by atoms with Crippen molar-refractivity contribution in [3.05, 3.63) is 23.7 Å². The smallest absolute Gasteiger partial charge is 0.341 e. The van der Waals surface area contributed by atoms with Gasteiger partial charge in [-0.3, -0.25) is 0 Å². The molecule has 2 fully saturated rings. The van der Waals surface area contributed by atoms with Crippen LogP contribution in [0.5, 0.6) is 0 Å². The molecule has 2 saturated heterocycles. The average molecular weight is 278 g/mol. The first-order valence-electron chi connectivity index (χ1n) is 7.39. The summed E-state index contributed by atoms with van der Waals surface area (Å²) in [7, 11) is 1.38. The zero-order chi connectivity index (χ0) is 13.9. The van der Waals surface area contributed by atoms with Gasteiger partial charge in [-0.1, -0.05) is 0 Å². The Labute approximate surface area is 119 Å². The van der Waals surface area contributed by atoms with Gasteiger partial charge >= 0.3 is 5.97 Å². The van der Waals surface area contributed by atoms with Gasteiger partial charge in [-0.05, 0) is 44.8 Å². The van der Waals surface area contributed by atoms with Gasteiger partial charge < -0.3 is 19.4 Å². The Bertz CT molecular complexity index is 471. The SMILES string of the molecule is COC(=O)c1coc(CNC2CCN3CCCC3C2)c1. The molecule has 110 valence electrons. The number of fused-ring (bicyclic) bond motifs is 1. The zero-order valence-electron chi connectivity index (χ0n) is 11.9. The molecule has 1 aromatic heterocycles. The van der Waals surface area contributed by atoms with Gasteiger partial charge in [0.05, 0.1) is 19.2 Å². The maximum atomic E-state index is 11.3. The molecule has 3 rings (SSSR count). The number of hydrogen-bond acceptors (Lipinski definition) is 5. The molecule has 2 aliphatic rings. The minimum atomic E-state index is -0.348. The van der Waals surface area contributed by atoms with Crippen LogP contribution in [0.2, 0.25) is 0 Å². The number of ether oxygens (including phenoxy) is 1. The van der Waals surface area contributed by atoms with E-state index in [9.17, 15) is 4.79 Å². The van der Waals surface area contributed by atoms with Gasteiger partial charge in [-0.15, -0.1) is 0 Å². The van der Waals surface area contributed by atoms with Gasteiger partial charge in [0.15, 0.2) is 0 Å². The van der Waals surface area contributed by atoms with Gasteiger partial charge in [0.1, 0.15) is 12.0 Å². The third kappa shape index (κ3) is 2.88. The molecular weight excluding hydrogens is 256 g/mol. The van der Waals surface area contributed by atoms with E-state index in [1.54, 1.807) is 6.07 Å². The van der Waals surface area contributed by atoms with E-state index in [2.05, 4.69) is 15.0 Å². The summed E-state index contributed by atoms with van der Waals surface area (Å²) in [4.78, 5) is 14.0. The highest BCUT2D eigenvalue weighted by Gasteiger charge is 2.31. The second-order valence-corrected chi connectivity index (χ2v) is 5.73. The monoisotopic (exact) mass is 278 g/mol. The van der Waals surface area contributed by atoms with Crippen molar-refractivity contribution in [3.63, 3.8) is 0 Å². The van der Waals surface area contributed by atoms with Crippen LogP contribution in [-0.4, -0.2) is 43.2 Å². The lowest BCUT2D eigenvalue weighted by molar-refractivity contribution is 0.0600. The van der Waals surface area contributed by atoms with Crippen LogP contribution in [0, 0.1) is 0 Å². The fraction of sp³-hybridized carbons (Fsp3) is 0.667. The quantitative estimate of drug-likeness (QED) is 0.851. The topological polar surface area (TPSA) is 54.7 Å². The van der Waals surface area contributed by atoms with Crippen molar-refractivity contribution in [1.82, 2.24) is 10.2 Å². The molecule has 1 N–H and O–H groups in total. The van der Waals surface area contributed by atoms with E-state index in [0.29, 0.717) is 18.2 Å². The second kappa shape index (κ2) is 5.97. The van der Waals surface area contributed by atoms with Gasteiger partial charge in [0.2, 0.25) is 0 Å². The van der Waals surface area contributed by atoms with E-state index in [0.717, 1.165) is 11.8 Å². The summed E-state index contributed by atoms with van der Waals surface area (Å²) in [6.07, 6.45) is 6.57. The number of furan rings is 1. The first-order chi connectivity index (χ1) is 9.76. The highest BCUT2D eigenvalue weighted by molar-refractivity contribution is 5.88. The summed E-state index contributed by atoms with van der Waals surface area (Å²) in [5.41, 5.74) is 0.481. The Balaban J connectivity index is 1.49. The predicted octanol–water partition coefficient (Wildman–Crippen LogP) is 1.78. The van der Waals surface area contributed by atoms with E-state index in [1.165, 1.54) is 52.1 Å². The number of piperidine rings is 1. The number of carbonyl (C=O) groups is 1. The number of nitrogens with zero attached hydrogens (tertiary/aromatic N) is 1. The molecule has 0 spiro atoms. The van der Waals surface area contributed by atoms with Crippen LogP contribution in [0.15, 0.2) is 16.7 Å². The second-order valence-electron chi connectivity index (χ2n) is 5.73. The molecular formula is C15H22N2O3. The third-order valence-corrected chi connectivity index (χ3v) is 4.46. The molecule has 0 aliphatic carbocycles. The first-order valence-corrected chi connectivity index (χ1v) is 7.39. The minimum absolute atomic E-state index is 0.348. The van der Waals surface area contributed by atoms with Crippen LogP contribution in [0.25, 0.3) is 0 Å². The molecule has 5 heteroatoms. The van der Waals surface area contributed by atoms with Crippen LogP contribution in [0.4, 0.5) is 0 Å². The Morgan fingerprint density at radius 3 is 3.25 bits per heavy atom. The Hall–Kier alpha value is -1.33. The highest BCUT2D eigenvalue weighted by Crippen LogP contribution is 2.27. The van der Waals surface area contributed by atoms with E-state index >= 15 is 0 Å². The van der Waals surface area contributed by atoms with Crippen molar-refractivity contribution in [2.45, 2.75) is 44.3 Å². The summed E-state index contributed by atoms with van der Waals surface area (Å²) in [6.45, 7) is 3.15. The van der Waals surface area contributed by atoms with Crippen LogP contribution in [0.3, 0.4) is 0 Å². The van der Waals surface area contributed by atoms with Crippen LogP contribution in [0.1, 0.15) is 41.8 Å². The zero-order valence-corrected chi connectivity index (χ0v) is 11.9. The number of carbonyl (C=O) groups excluding carboxylic acids is 1. The number of nitrogens with one attached hydrogen (secondary N) is 1. The molecule has 2 unspecified atom stereocenters. The van der Waals surface area contributed by atoms with Crippen molar-refractivity contribution >= 4 is 5.97 Å². The summed E-state index contributed by atoms with van der Waals surface area (Å²) in [6, 6.07) is 3.08. The van der Waals surface area contributed by atoms with E-state index in [4.69, 9.17) is 4.42 Å². The van der Waals surface area contributed by atoms with E-state index in [-0.39, 0.29) is 5.97 Å². The van der Waals surface area contributed by atoms with Crippen molar-refractivity contribution < 1.29 is 13.9 Å². The van der Waals surface area contributed by atoms with Crippen molar-refractivity contribution in [2.24, 2.45) is 0 Å². The lowest BCUT2D eigenvalue weighted by atomic mass is 9.97. The fourth-order valence-corrected chi connectivity index (χ4v) is 3.35. The molecule has 0 saturated carbocycles. The third-order valence-electron chi connectivity index (χ3n) is 4.46. The molecule has 0 bridgehead atoms. The molecule has 0 aromatic carbocycles. The predicted molar refractivity (Wildman–Crippen MR) is 74.5 cm³/mol. The molecule has 3 heterocycles. The van der Waals surface area contributed by atoms with Gasteiger partial charge in [0, 0.05) is 12.1 Å². The molecule has 20 heavy (non-hydrogen) atoms. The summed E-state index contributed by atoms with van der Waals surface area (Å²) < 4.78 is 10.1. The number of esters is 1.